The van der Waals surface area contributed by atoms with Crippen molar-refractivity contribution < 1.29 is 22.3 Å². The minimum atomic E-state index is -3.83. The maximum absolute atomic E-state index is 14.1. The summed E-state index contributed by atoms with van der Waals surface area (Å²) in [5.41, 5.74) is 3.31. The van der Waals surface area contributed by atoms with Crippen LogP contribution in [-0.4, -0.2) is 73.1 Å². The summed E-state index contributed by atoms with van der Waals surface area (Å²) in [6, 6.07) is 22.6. The van der Waals surface area contributed by atoms with Crippen molar-refractivity contribution in [2.24, 2.45) is 0 Å². The molecule has 220 valence electrons. The summed E-state index contributed by atoms with van der Waals surface area (Å²) >= 11 is 0. The van der Waals surface area contributed by atoms with Crippen molar-refractivity contribution in [1.29, 1.82) is 0 Å². The normalized spacial score (nSPS) is 14.1. The molecule has 4 aromatic rings. The van der Waals surface area contributed by atoms with Gasteiger partial charge in [-0.3, -0.25) is 9.69 Å². The molecule has 0 atom stereocenters. The minimum absolute atomic E-state index is 0.0454. The van der Waals surface area contributed by atoms with Gasteiger partial charge in [-0.05, 0) is 41.8 Å². The van der Waals surface area contributed by atoms with Gasteiger partial charge in [-0.15, -0.1) is 0 Å². The number of hydrogen-bond acceptors (Lipinski definition) is 6. The lowest BCUT2D eigenvalue weighted by Crippen LogP contribution is -2.43. The number of benzene rings is 3. The van der Waals surface area contributed by atoms with E-state index in [2.05, 4.69) is 9.88 Å². The molecule has 0 radical (unpaired) electrons. The third kappa shape index (κ3) is 7.31. The first-order chi connectivity index (χ1) is 20.3. The Morgan fingerprint density at radius 3 is 2.48 bits per heavy atom. The number of sulfone groups is 1. The number of carbonyl (C=O) groups excluding carboxylic acids is 1. The number of ether oxygens (including phenoxy) is 1. The van der Waals surface area contributed by atoms with Gasteiger partial charge in [0.05, 0.1) is 43.9 Å². The third-order valence-corrected chi connectivity index (χ3v) is 9.04. The van der Waals surface area contributed by atoms with Crippen molar-refractivity contribution in [2.45, 2.75) is 30.9 Å². The zero-order valence-corrected chi connectivity index (χ0v) is 24.5. The number of amides is 1. The number of rotatable bonds is 11. The summed E-state index contributed by atoms with van der Waals surface area (Å²) in [5, 5.41) is -0.0454. The van der Waals surface area contributed by atoms with E-state index in [1.165, 1.54) is 24.4 Å². The van der Waals surface area contributed by atoms with E-state index >= 15 is 0 Å². The van der Waals surface area contributed by atoms with Crippen LogP contribution in [0.2, 0.25) is 0 Å². The highest BCUT2D eigenvalue weighted by Crippen LogP contribution is 2.22. The molecule has 0 N–H and O–H groups in total. The van der Waals surface area contributed by atoms with Crippen LogP contribution in [0.3, 0.4) is 0 Å². The van der Waals surface area contributed by atoms with E-state index in [0.717, 1.165) is 24.2 Å². The molecule has 42 heavy (non-hydrogen) atoms. The Labute approximate surface area is 246 Å². The molecular weight excluding hydrogens is 555 g/mol. The van der Waals surface area contributed by atoms with Crippen LogP contribution in [0.1, 0.15) is 32.7 Å². The van der Waals surface area contributed by atoms with E-state index < -0.39 is 15.7 Å². The summed E-state index contributed by atoms with van der Waals surface area (Å²) < 4.78 is 48.7. The lowest BCUT2D eigenvalue weighted by atomic mass is 10.1. The molecule has 1 aromatic heterocycles. The second kappa shape index (κ2) is 13.4. The smallest absolute Gasteiger partial charge is 0.254 e. The summed E-state index contributed by atoms with van der Waals surface area (Å²) in [4.78, 5) is 22.0. The number of hydrogen-bond donors (Lipinski definition) is 0. The van der Waals surface area contributed by atoms with E-state index in [0.29, 0.717) is 37.6 Å². The van der Waals surface area contributed by atoms with Gasteiger partial charge >= 0.3 is 0 Å². The van der Waals surface area contributed by atoms with Crippen LogP contribution in [0.25, 0.3) is 0 Å². The zero-order valence-electron chi connectivity index (χ0n) is 23.7. The van der Waals surface area contributed by atoms with Crippen LogP contribution in [0.5, 0.6) is 0 Å². The van der Waals surface area contributed by atoms with Crippen molar-refractivity contribution >= 4 is 15.7 Å². The van der Waals surface area contributed by atoms with E-state index in [1.54, 1.807) is 15.5 Å². The molecule has 0 aliphatic carbocycles. The molecule has 1 aliphatic heterocycles. The molecule has 0 unspecified atom stereocenters. The molecule has 0 saturated carbocycles. The Morgan fingerprint density at radius 2 is 1.74 bits per heavy atom. The van der Waals surface area contributed by atoms with E-state index in [9.17, 15) is 17.6 Å². The van der Waals surface area contributed by atoms with Crippen LogP contribution < -0.4 is 0 Å². The third-order valence-electron chi connectivity index (χ3n) is 7.47. The first-order valence-corrected chi connectivity index (χ1v) is 15.7. The largest absolute Gasteiger partial charge is 0.379 e. The van der Waals surface area contributed by atoms with Crippen molar-refractivity contribution in [1.82, 2.24) is 19.4 Å². The highest BCUT2D eigenvalue weighted by Gasteiger charge is 2.27. The average molecular weight is 591 g/mol. The highest BCUT2D eigenvalue weighted by atomic mass is 32.2. The summed E-state index contributed by atoms with van der Waals surface area (Å²) in [6.45, 7) is 6.02. The molecule has 5 rings (SSSR count). The molecule has 3 aromatic carbocycles. The van der Waals surface area contributed by atoms with Crippen molar-refractivity contribution in [3.63, 3.8) is 0 Å². The highest BCUT2D eigenvalue weighted by molar-refractivity contribution is 7.90. The van der Waals surface area contributed by atoms with E-state index in [1.807, 2.05) is 61.5 Å². The molecule has 0 bridgehead atoms. The Morgan fingerprint density at radius 1 is 1.00 bits per heavy atom. The van der Waals surface area contributed by atoms with Gasteiger partial charge in [0.1, 0.15) is 5.82 Å². The van der Waals surface area contributed by atoms with Crippen molar-refractivity contribution in [2.75, 3.05) is 39.4 Å². The van der Waals surface area contributed by atoms with E-state index in [4.69, 9.17) is 4.74 Å². The van der Waals surface area contributed by atoms with Crippen LogP contribution in [-0.2, 0) is 33.4 Å². The number of aromatic nitrogens is 2. The van der Waals surface area contributed by atoms with Gasteiger partial charge in [0.15, 0.2) is 0 Å². The fraction of sp³-hybridized carbons (Fsp3) is 0.312. The standard InChI is InChI=1S/C32H35FN4O4S/c1-25-8-5-6-11-28(25)24-42(39,40)32-34-21-30(37(32)22-26-9-3-2-4-10-26)23-36(15-14-35-16-18-41-19-17-35)31(38)27-12-7-13-29(33)20-27/h2-13,20-21H,14-19,22-24H2,1H3. The first kappa shape index (κ1) is 29.6. The van der Waals surface area contributed by atoms with Gasteiger partial charge in [-0.2, -0.15) is 0 Å². The molecule has 1 fully saturated rings. The fourth-order valence-electron chi connectivity index (χ4n) is 5.08. The molecular formula is C32H35FN4O4S. The Kier molecular flexibility index (Phi) is 9.46. The van der Waals surface area contributed by atoms with Crippen LogP contribution in [0, 0.1) is 12.7 Å². The van der Waals surface area contributed by atoms with Crippen molar-refractivity contribution in [3.05, 3.63) is 119 Å². The fourth-order valence-corrected chi connectivity index (χ4v) is 6.68. The van der Waals surface area contributed by atoms with Crippen molar-refractivity contribution in [3.8, 4) is 0 Å². The number of carbonyl (C=O) groups is 1. The number of morpholine rings is 1. The molecule has 1 aliphatic rings. The molecule has 1 amide bonds. The topological polar surface area (TPSA) is 84.7 Å². The van der Waals surface area contributed by atoms with Gasteiger partial charge in [0, 0.05) is 31.7 Å². The van der Waals surface area contributed by atoms with Crippen LogP contribution in [0.15, 0.2) is 90.2 Å². The maximum Gasteiger partial charge on any atom is 0.254 e. The van der Waals surface area contributed by atoms with Crippen LogP contribution >= 0.6 is 0 Å². The van der Waals surface area contributed by atoms with Crippen LogP contribution in [0.4, 0.5) is 4.39 Å². The zero-order chi connectivity index (χ0) is 29.5. The van der Waals surface area contributed by atoms with Gasteiger partial charge in [-0.1, -0.05) is 60.7 Å². The Balaban J connectivity index is 1.49. The first-order valence-electron chi connectivity index (χ1n) is 14.0. The summed E-state index contributed by atoms with van der Waals surface area (Å²) in [7, 11) is -3.83. The van der Waals surface area contributed by atoms with E-state index in [-0.39, 0.29) is 35.5 Å². The van der Waals surface area contributed by atoms with Gasteiger partial charge in [-0.25, -0.2) is 17.8 Å². The molecule has 1 saturated heterocycles. The number of nitrogens with zero attached hydrogens (tertiary/aromatic N) is 4. The monoisotopic (exact) mass is 590 g/mol. The predicted octanol–water partition coefficient (Wildman–Crippen LogP) is 4.33. The lowest BCUT2D eigenvalue weighted by Gasteiger charge is -2.30. The molecule has 2 heterocycles. The molecule has 10 heteroatoms. The minimum Gasteiger partial charge on any atom is -0.379 e. The summed E-state index contributed by atoms with van der Waals surface area (Å²) in [6.07, 6.45) is 1.54. The second-order valence-electron chi connectivity index (χ2n) is 10.5. The van der Waals surface area contributed by atoms with Gasteiger partial charge in [0.2, 0.25) is 15.0 Å². The lowest BCUT2D eigenvalue weighted by molar-refractivity contribution is 0.0319. The van der Waals surface area contributed by atoms with Gasteiger partial charge < -0.3 is 14.2 Å². The van der Waals surface area contributed by atoms with Gasteiger partial charge in [0.25, 0.3) is 5.91 Å². The number of imidazole rings is 1. The Bertz CT molecular complexity index is 1620. The SMILES string of the molecule is Cc1ccccc1CS(=O)(=O)c1ncc(CN(CCN2CCOCC2)C(=O)c2cccc(F)c2)n1Cc1ccccc1. The Hall–Kier alpha value is -3.86. The maximum atomic E-state index is 14.1. The number of halogens is 1. The molecule has 0 spiro atoms. The number of aryl methyl sites for hydroxylation is 1. The predicted molar refractivity (Wildman–Crippen MR) is 158 cm³/mol. The second-order valence-corrected chi connectivity index (χ2v) is 12.4. The molecule has 8 nitrogen and oxygen atoms in total. The summed E-state index contributed by atoms with van der Waals surface area (Å²) in [5.74, 6) is -1.01. The average Bonchev–Trinajstić information content (AvgIpc) is 3.39. The quantitative estimate of drug-likeness (QED) is 0.259.